The summed E-state index contributed by atoms with van der Waals surface area (Å²) in [5.74, 6) is 0.471. The Balaban J connectivity index is 1.53. The first-order valence-electron chi connectivity index (χ1n) is 7.63. The Bertz CT molecular complexity index is 978. The molecule has 25 heavy (non-hydrogen) atoms. The van der Waals surface area contributed by atoms with E-state index in [4.69, 9.17) is 11.6 Å². The van der Waals surface area contributed by atoms with Gasteiger partial charge in [-0.2, -0.15) is 5.10 Å². The number of thiazole rings is 1. The number of benzene rings is 1. The summed E-state index contributed by atoms with van der Waals surface area (Å²) in [6.07, 6.45) is 3.54. The molecule has 126 valence electrons. The van der Waals surface area contributed by atoms with Crippen molar-refractivity contribution in [2.45, 2.75) is 0 Å². The van der Waals surface area contributed by atoms with Gasteiger partial charge in [-0.1, -0.05) is 36.4 Å². The number of hydrogen-bond donors (Lipinski definition) is 0. The molecule has 0 radical (unpaired) electrons. The summed E-state index contributed by atoms with van der Waals surface area (Å²) in [4.78, 5) is 19.3. The van der Waals surface area contributed by atoms with E-state index in [9.17, 15) is 4.79 Å². The molecule has 0 atom stereocenters. The molecule has 4 rings (SSSR count). The van der Waals surface area contributed by atoms with Crippen LogP contribution in [0.2, 0.25) is 5.15 Å². The lowest BCUT2D eigenvalue weighted by Crippen LogP contribution is -2.27. The number of halogens is 1. The Hall–Kier alpha value is -2.64. The predicted octanol–water partition coefficient (Wildman–Crippen LogP) is 3.31. The zero-order valence-corrected chi connectivity index (χ0v) is 14.7. The van der Waals surface area contributed by atoms with Crippen molar-refractivity contribution in [3.63, 3.8) is 0 Å². The molecule has 0 aliphatic carbocycles. The molecule has 1 aliphatic heterocycles. The van der Waals surface area contributed by atoms with Gasteiger partial charge in [0.1, 0.15) is 11.5 Å². The zero-order valence-electron chi connectivity index (χ0n) is 13.2. The van der Waals surface area contributed by atoms with Crippen LogP contribution in [0, 0.1) is 0 Å². The molecule has 0 spiro atoms. The molecular formula is C17H14ClN5OS. The third kappa shape index (κ3) is 2.81. The fourth-order valence-corrected chi connectivity index (χ4v) is 3.68. The summed E-state index contributed by atoms with van der Waals surface area (Å²) in [5, 5.41) is 8.47. The van der Waals surface area contributed by atoms with Crippen LogP contribution in [-0.4, -0.2) is 44.5 Å². The number of hydrazone groups is 1. The van der Waals surface area contributed by atoms with Gasteiger partial charge in [-0.15, -0.1) is 11.3 Å². The van der Waals surface area contributed by atoms with Gasteiger partial charge < -0.3 is 0 Å². The Morgan fingerprint density at radius 1 is 1.32 bits per heavy atom. The van der Waals surface area contributed by atoms with Gasteiger partial charge in [0.25, 0.3) is 5.91 Å². The third-order valence-electron chi connectivity index (χ3n) is 3.98. The highest BCUT2D eigenvalue weighted by molar-refractivity contribution is 7.15. The van der Waals surface area contributed by atoms with Crippen molar-refractivity contribution >= 4 is 40.0 Å². The van der Waals surface area contributed by atoms with E-state index in [-0.39, 0.29) is 5.91 Å². The van der Waals surface area contributed by atoms with Crippen molar-refractivity contribution in [3.8, 4) is 0 Å². The van der Waals surface area contributed by atoms with Crippen LogP contribution >= 0.6 is 22.9 Å². The van der Waals surface area contributed by atoms with E-state index < -0.39 is 0 Å². The number of rotatable bonds is 3. The summed E-state index contributed by atoms with van der Waals surface area (Å²) in [6, 6.07) is 9.15. The highest BCUT2D eigenvalue weighted by Crippen LogP contribution is 2.22. The molecule has 6 nitrogen and oxygen atoms in total. The van der Waals surface area contributed by atoms with Gasteiger partial charge >= 0.3 is 0 Å². The number of aromatic nitrogens is 2. The van der Waals surface area contributed by atoms with E-state index in [1.807, 2.05) is 34.2 Å². The van der Waals surface area contributed by atoms with Crippen LogP contribution in [0.5, 0.6) is 0 Å². The van der Waals surface area contributed by atoms with Gasteiger partial charge in [0.05, 0.1) is 12.8 Å². The Morgan fingerprint density at radius 3 is 2.92 bits per heavy atom. The lowest BCUT2D eigenvalue weighted by molar-refractivity contribution is 0.0819. The second-order valence-corrected chi connectivity index (χ2v) is 6.68. The minimum Gasteiger partial charge on any atom is -0.292 e. The van der Waals surface area contributed by atoms with Crippen LogP contribution in [-0.2, 0) is 0 Å². The van der Waals surface area contributed by atoms with Crippen LogP contribution in [0.1, 0.15) is 16.1 Å². The van der Waals surface area contributed by atoms with Crippen molar-refractivity contribution in [1.82, 2.24) is 19.3 Å². The summed E-state index contributed by atoms with van der Waals surface area (Å²) >= 11 is 7.67. The smallest absolute Gasteiger partial charge is 0.259 e. The minimum atomic E-state index is -0.0779. The molecule has 1 aliphatic rings. The first kappa shape index (κ1) is 15.9. The number of imidazole rings is 1. The van der Waals surface area contributed by atoms with Crippen molar-refractivity contribution in [2.75, 3.05) is 13.1 Å². The fourth-order valence-electron chi connectivity index (χ4n) is 2.69. The Labute approximate surface area is 153 Å². The monoisotopic (exact) mass is 371 g/mol. The van der Waals surface area contributed by atoms with E-state index in [1.165, 1.54) is 11.3 Å². The lowest BCUT2D eigenvalue weighted by Gasteiger charge is -2.18. The molecule has 2 aromatic heterocycles. The number of nitrogens with zero attached hydrogens (tertiary/aromatic N) is 5. The maximum Gasteiger partial charge on any atom is 0.259 e. The van der Waals surface area contributed by atoms with Gasteiger partial charge in [0.2, 0.25) is 0 Å². The standard InChI is InChI=1S/C17H14ClN5OS/c1-12-21(16(24)13-5-3-2-4-6-13)7-8-23(12)19-11-14-15(18)20-17-22(14)9-10-25-17/h2-6,9-11H,1,7-8H2/b19-11+. The SMILES string of the molecule is C=C1N(/N=C/c2c(Cl)nc3sccn23)CCN1C(=O)c1ccccc1. The van der Waals surface area contributed by atoms with Crippen LogP contribution in [0.15, 0.2) is 59.4 Å². The summed E-state index contributed by atoms with van der Waals surface area (Å²) < 4.78 is 1.88. The summed E-state index contributed by atoms with van der Waals surface area (Å²) in [6.45, 7) is 5.12. The van der Waals surface area contributed by atoms with Gasteiger partial charge in [0, 0.05) is 23.7 Å². The van der Waals surface area contributed by atoms with Crippen molar-refractivity contribution in [3.05, 3.63) is 70.7 Å². The number of fused-ring (bicyclic) bond motifs is 1. The highest BCUT2D eigenvalue weighted by Gasteiger charge is 2.28. The first-order valence-corrected chi connectivity index (χ1v) is 8.89. The molecule has 1 saturated heterocycles. The molecule has 0 unspecified atom stereocenters. The predicted molar refractivity (Wildman–Crippen MR) is 99.0 cm³/mol. The zero-order chi connectivity index (χ0) is 17.4. The largest absolute Gasteiger partial charge is 0.292 e. The quantitative estimate of drug-likeness (QED) is 0.664. The average molecular weight is 372 g/mol. The topological polar surface area (TPSA) is 53.2 Å². The second-order valence-electron chi connectivity index (χ2n) is 5.45. The number of carbonyl (C=O) groups is 1. The first-order chi connectivity index (χ1) is 12.1. The molecule has 1 aromatic carbocycles. The van der Waals surface area contributed by atoms with Crippen molar-refractivity contribution in [1.29, 1.82) is 0 Å². The molecule has 0 N–H and O–H groups in total. The van der Waals surface area contributed by atoms with Crippen LogP contribution in [0.4, 0.5) is 0 Å². The number of carbonyl (C=O) groups excluding carboxylic acids is 1. The van der Waals surface area contributed by atoms with Gasteiger partial charge in [0.15, 0.2) is 10.1 Å². The van der Waals surface area contributed by atoms with Crippen LogP contribution < -0.4 is 0 Å². The van der Waals surface area contributed by atoms with Crippen molar-refractivity contribution in [2.24, 2.45) is 5.10 Å². The minimum absolute atomic E-state index is 0.0779. The molecule has 1 fully saturated rings. The van der Waals surface area contributed by atoms with Crippen LogP contribution in [0.3, 0.4) is 0 Å². The van der Waals surface area contributed by atoms with E-state index in [1.54, 1.807) is 28.3 Å². The average Bonchev–Trinajstić information content (AvgIpc) is 3.29. The van der Waals surface area contributed by atoms with Crippen molar-refractivity contribution < 1.29 is 4.79 Å². The molecule has 3 heterocycles. The number of hydrogen-bond acceptors (Lipinski definition) is 5. The fraction of sp³-hybridized carbons (Fsp3) is 0.118. The van der Waals surface area contributed by atoms with Crippen LogP contribution in [0.25, 0.3) is 4.96 Å². The molecule has 3 aromatic rings. The van der Waals surface area contributed by atoms with Gasteiger partial charge in [-0.05, 0) is 12.1 Å². The molecule has 8 heteroatoms. The molecule has 1 amide bonds. The molecule has 0 bridgehead atoms. The van der Waals surface area contributed by atoms with E-state index in [2.05, 4.69) is 16.7 Å². The molecular weight excluding hydrogens is 358 g/mol. The van der Waals surface area contributed by atoms with Gasteiger partial charge in [-0.25, -0.2) is 9.99 Å². The lowest BCUT2D eigenvalue weighted by atomic mass is 10.2. The second kappa shape index (κ2) is 6.34. The van der Waals surface area contributed by atoms with E-state index in [0.29, 0.717) is 35.3 Å². The van der Waals surface area contributed by atoms with E-state index in [0.717, 1.165) is 4.96 Å². The highest BCUT2D eigenvalue weighted by atomic mass is 35.5. The normalized spacial score (nSPS) is 15.0. The molecule has 0 saturated carbocycles. The summed E-state index contributed by atoms with van der Waals surface area (Å²) in [5.41, 5.74) is 1.34. The maximum atomic E-state index is 12.6. The van der Waals surface area contributed by atoms with E-state index >= 15 is 0 Å². The van der Waals surface area contributed by atoms with Gasteiger partial charge in [-0.3, -0.25) is 14.1 Å². The summed E-state index contributed by atoms with van der Waals surface area (Å²) in [7, 11) is 0. The Morgan fingerprint density at radius 2 is 2.12 bits per heavy atom. The third-order valence-corrected chi connectivity index (χ3v) is 5.02. The number of amides is 1. The Kier molecular flexibility index (Phi) is 4.03. The maximum absolute atomic E-state index is 12.6.